The second-order valence-corrected chi connectivity index (χ2v) is 10.8. The first kappa shape index (κ1) is 24.7. The molecule has 0 aliphatic carbocycles. The maximum Gasteiger partial charge on any atom is 0.324 e. The molecule has 2 unspecified atom stereocenters. The fourth-order valence-electron chi connectivity index (χ4n) is 5.91. The van der Waals surface area contributed by atoms with Gasteiger partial charge in [-0.25, -0.2) is 0 Å². The van der Waals surface area contributed by atoms with Crippen LogP contribution in [-0.2, 0) is 4.79 Å². The second kappa shape index (κ2) is 11.4. The Morgan fingerprint density at radius 2 is 1.89 bits per heavy atom. The van der Waals surface area contributed by atoms with E-state index in [4.69, 9.17) is 9.78 Å². The van der Waals surface area contributed by atoms with Crippen LogP contribution in [0.25, 0.3) is 11.4 Å². The molecule has 1 aromatic heterocycles. The number of aromatic nitrogens is 2. The summed E-state index contributed by atoms with van der Waals surface area (Å²) in [5, 5.41) is 16.3. The zero-order valence-electron chi connectivity index (χ0n) is 21.2. The molecule has 9 nitrogen and oxygen atoms in total. The summed E-state index contributed by atoms with van der Waals surface area (Å²) in [7, 11) is 2.23. The lowest BCUT2D eigenvalue weighted by Gasteiger charge is -2.32. The molecular formula is C27H37N7O2. The molecule has 0 saturated carbocycles. The Balaban J connectivity index is 1.03. The van der Waals surface area contributed by atoms with Crippen LogP contribution in [0.2, 0.25) is 0 Å². The van der Waals surface area contributed by atoms with Gasteiger partial charge in [-0.1, -0.05) is 5.16 Å². The highest BCUT2D eigenvalue weighted by atomic mass is 16.5. The van der Waals surface area contributed by atoms with Gasteiger partial charge in [0.05, 0.1) is 11.6 Å². The molecule has 0 bridgehead atoms. The van der Waals surface area contributed by atoms with Crippen LogP contribution < -0.4 is 10.2 Å². The molecule has 2 atom stereocenters. The van der Waals surface area contributed by atoms with Crippen LogP contribution >= 0.6 is 0 Å². The first-order valence-corrected chi connectivity index (χ1v) is 13.3. The van der Waals surface area contributed by atoms with Crippen molar-refractivity contribution in [2.45, 2.75) is 32.1 Å². The van der Waals surface area contributed by atoms with Crippen molar-refractivity contribution in [3.8, 4) is 17.5 Å². The van der Waals surface area contributed by atoms with E-state index in [1.165, 1.54) is 38.9 Å². The number of nitrogens with one attached hydrogen (secondary N) is 1. The largest absolute Gasteiger partial charge is 0.356 e. The molecule has 192 valence electrons. The van der Waals surface area contributed by atoms with Gasteiger partial charge in [0.1, 0.15) is 0 Å². The van der Waals surface area contributed by atoms with Crippen molar-refractivity contribution in [1.29, 1.82) is 5.26 Å². The van der Waals surface area contributed by atoms with Gasteiger partial charge in [-0.15, -0.1) is 0 Å². The molecule has 9 heteroatoms. The SMILES string of the molecule is CN1CCCC(CN2CCC(CNC(=O)C3CCN(c4nc(-c5ccc(C#N)cc5)no4)CC3)C2)C1. The Morgan fingerprint density at radius 3 is 2.64 bits per heavy atom. The van der Waals surface area contributed by atoms with Crippen molar-refractivity contribution in [2.24, 2.45) is 17.8 Å². The molecule has 0 radical (unpaired) electrons. The van der Waals surface area contributed by atoms with Gasteiger partial charge in [-0.3, -0.25) is 4.79 Å². The van der Waals surface area contributed by atoms with Gasteiger partial charge in [0.25, 0.3) is 0 Å². The minimum atomic E-state index is 0.0393. The Bertz CT molecular complexity index is 1050. The predicted octanol–water partition coefficient (Wildman–Crippen LogP) is 2.60. The number of nitriles is 1. The number of rotatable bonds is 7. The van der Waals surface area contributed by atoms with Gasteiger partial charge < -0.3 is 24.5 Å². The standard InChI is InChI=1S/C27H37N7O2/c1-32-11-2-3-22(17-32)19-33-12-8-21(18-33)16-29-26(35)24-9-13-34(14-10-24)27-30-25(31-36-27)23-6-4-20(15-28)5-7-23/h4-7,21-22,24H,2-3,8-14,16-19H2,1H3,(H,29,35). The minimum absolute atomic E-state index is 0.0393. The van der Waals surface area contributed by atoms with E-state index in [0.717, 1.165) is 57.0 Å². The fourth-order valence-corrected chi connectivity index (χ4v) is 5.91. The third-order valence-electron chi connectivity index (χ3n) is 8.00. The van der Waals surface area contributed by atoms with Crippen molar-refractivity contribution in [3.63, 3.8) is 0 Å². The number of anilines is 1. The molecule has 1 N–H and O–H groups in total. The first-order chi connectivity index (χ1) is 17.6. The Hall–Kier alpha value is -2.96. The molecule has 3 saturated heterocycles. The maximum absolute atomic E-state index is 12.9. The summed E-state index contributed by atoms with van der Waals surface area (Å²) in [4.78, 5) is 24.5. The lowest BCUT2D eigenvalue weighted by Crippen LogP contribution is -2.42. The van der Waals surface area contributed by atoms with Gasteiger partial charge in [-0.05, 0) is 88.3 Å². The van der Waals surface area contributed by atoms with Gasteiger partial charge in [0.15, 0.2) is 0 Å². The topological polar surface area (TPSA) is 102 Å². The van der Waals surface area contributed by atoms with Gasteiger partial charge >= 0.3 is 6.01 Å². The second-order valence-electron chi connectivity index (χ2n) is 10.8. The number of hydrogen-bond acceptors (Lipinski definition) is 8. The van der Waals surface area contributed by atoms with E-state index in [1.54, 1.807) is 12.1 Å². The highest BCUT2D eigenvalue weighted by molar-refractivity contribution is 5.79. The Kier molecular flexibility index (Phi) is 7.83. The molecule has 2 aromatic rings. The molecule has 5 rings (SSSR count). The van der Waals surface area contributed by atoms with Crippen LogP contribution in [0.4, 0.5) is 6.01 Å². The summed E-state index contributed by atoms with van der Waals surface area (Å²) in [5.74, 6) is 2.09. The normalized spacial score (nSPS) is 24.1. The van der Waals surface area contributed by atoms with Gasteiger partial charge in [0, 0.05) is 50.7 Å². The zero-order chi connectivity index (χ0) is 24.9. The molecule has 1 aromatic carbocycles. The number of hydrogen-bond donors (Lipinski definition) is 1. The van der Waals surface area contributed by atoms with Crippen molar-refractivity contribution in [2.75, 3.05) is 64.3 Å². The average Bonchev–Trinajstić information content (AvgIpc) is 3.58. The van der Waals surface area contributed by atoms with Crippen LogP contribution in [0, 0.1) is 29.1 Å². The molecule has 3 aliphatic heterocycles. The summed E-state index contributed by atoms with van der Waals surface area (Å²) in [5.41, 5.74) is 1.41. The number of carbonyl (C=O) groups excluding carboxylic acids is 1. The number of amides is 1. The third-order valence-corrected chi connectivity index (χ3v) is 8.00. The molecular weight excluding hydrogens is 454 g/mol. The average molecular weight is 492 g/mol. The molecule has 4 heterocycles. The molecule has 36 heavy (non-hydrogen) atoms. The van der Waals surface area contributed by atoms with E-state index in [-0.39, 0.29) is 11.8 Å². The number of piperidine rings is 2. The predicted molar refractivity (Wildman–Crippen MR) is 137 cm³/mol. The summed E-state index contributed by atoms with van der Waals surface area (Å²) in [6.07, 6.45) is 5.41. The van der Waals surface area contributed by atoms with Crippen LogP contribution in [-0.4, -0.2) is 85.3 Å². The lowest BCUT2D eigenvalue weighted by atomic mass is 9.96. The van der Waals surface area contributed by atoms with Crippen molar-refractivity contribution in [3.05, 3.63) is 29.8 Å². The smallest absolute Gasteiger partial charge is 0.324 e. The van der Waals surface area contributed by atoms with Crippen LogP contribution in [0.5, 0.6) is 0 Å². The molecule has 0 spiro atoms. The zero-order valence-corrected chi connectivity index (χ0v) is 21.2. The van der Waals surface area contributed by atoms with E-state index < -0.39 is 0 Å². The van der Waals surface area contributed by atoms with E-state index in [2.05, 4.69) is 43.3 Å². The summed E-state index contributed by atoms with van der Waals surface area (Å²) in [6.45, 7) is 8.16. The number of likely N-dealkylation sites (tertiary alicyclic amines) is 2. The molecule has 3 fully saturated rings. The first-order valence-electron chi connectivity index (χ1n) is 13.3. The summed E-state index contributed by atoms with van der Waals surface area (Å²) >= 11 is 0. The van der Waals surface area contributed by atoms with Crippen molar-refractivity contribution < 1.29 is 9.32 Å². The summed E-state index contributed by atoms with van der Waals surface area (Å²) in [6, 6.07) is 9.73. The van der Waals surface area contributed by atoms with E-state index >= 15 is 0 Å². The minimum Gasteiger partial charge on any atom is -0.356 e. The van der Waals surface area contributed by atoms with E-state index in [0.29, 0.717) is 23.3 Å². The van der Waals surface area contributed by atoms with Crippen molar-refractivity contribution in [1.82, 2.24) is 25.3 Å². The maximum atomic E-state index is 12.9. The van der Waals surface area contributed by atoms with Crippen LogP contribution in [0.15, 0.2) is 28.8 Å². The monoisotopic (exact) mass is 491 g/mol. The Morgan fingerprint density at radius 1 is 1.08 bits per heavy atom. The highest BCUT2D eigenvalue weighted by Crippen LogP contribution is 2.26. The van der Waals surface area contributed by atoms with Gasteiger partial charge in [0.2, 0.25) is 11.7 Å². The summed E-state index contributed by atoms with van der Waals surface area (Å²) < 4.78 is 5.49. The number of nitrogens with zero attached hydrogens (tertiary/aromatic N) is 6. The van der Waals surface area contributed by atoms with E-state index in [9.17, 15) is 4.79 Å². The molecule has 1 amide bonds. The third kappa shape index (κ3) is 6.05. The van der Waals surface area contributed by atoms with Crippen LogP contribution in [0.3, 0.4) is 0 Å². The highest BCUT2D eigenvalue weighted by Gasteiger charge is 2.30. The number of benzene rings is 1. The fraction of sp³-hybridized carbons (Fsp3) is 0.630. The molecule has 3 aliphatic rings. The van der Waals surface area contributed by atoms with E-state index in [1.807, 2.05) is 12.1 Å². The lowest BCUT2D eigenvalue weighted by molar-refractivity contribution is -0.125. The Labute approximate surface area is 213 Å². The van der Waals surface area contributed by atoms with Crippen LogP contribution in [0.1, 0.15) is 37.7 Å². The number of carbonyl (C=O) groups is 1. The quantitative estimate of drug-likeness (QED) is 0.631. The van der Waals surface area contributed by atoms with Gasteiger partial charge in [-0.2, -0.15) is 10.2 Å². The van der Waals surface area contributed by atoms with Crippen molar-refractivity contribution >= 4 is 11.9 Å².